The van der Waals surface area contributed by atoms with Crippen LogP contribution in [0.4, 0.5) is 13.2 Å². The van der Waals surface area contributed by atoms with E-state index >= 15 is 0 Å². The van der Waals surface area contributed by atoms with Crippen molar-refractivity contribution in [3.05, 3.63) is 45.2 Å². The summed E-state index contributed by atoms with van der Waals surface area (Å²) in [5, 5.41) is 31.0. The van der Waals surface area contributed by atoms with Gasteiger partial charge in [-0.2, -0.15) is 0 Å². The van der Waals surface area contributed by atoms with Gasteiger partial charge in [-0.25, -0.2) is 4.79 Å². The summed E-state index contributed by atoms with van der Waals surface area (Å²) in [6, 6.07) is 3.58. The number of ether oxygens (including phenoxy) is 1. The van der Waals surface area contributed by atoms with E-state index in [1.165, 1.54) is 22.3 Å². The van der Waals surface area contributed by atoms with Crippen LogP contribution in [-0.4, -0.2) is 69.7 Å². The number of carbonyl (C=O) groups excluding carboxylic acids is 1. The molecule has 3 N–H and O–H groups in total. The van der Waals surface area contributed by atoms with Crippen molar-refractivity contribution < 1.29 is 47.6 Å². The van der Waals surface area contributed by atoms with Crippen molar-refractivity contribution in [3.63, 3.8) is 0 Å². The lowest BCUT2D eigenvalue weighted by Gasteiger charge is -2.38. The first kappa shape index (κ1) is 30.5. The van der Waals surface area contributed by atoms with Crippen LogP contribution in [0.2, 0.25) is 0 Å². The molecule has 206 valence electrons. The second-order valence-electron chi connectivity index (χ2n) is 9.39. The maximum absolute atomic E-state index is 12.9. The van der Waals surface area contributed by atoms with E-state index in [1.807, 2.05) is 5.38 Å². The molecule has 1 atom stereocenters. The molecule has 37 heavy (non-hydrogen) atoms. The minimum absolute atomic E-state index is 0.0827. The molecule has 2 aliphatic rings. The Hall–Kier alpha value is -2.70. The Bertz CT molecular complexity index is 1040. The number of alkyl halides is 3. The van der Waals surface area contributed by atoms with Gasteiger partial charge in [-0.3, -0.25) is 14.3 Å². The molecule has 1 fully saturated rings. The number of carboxylic acids is 2. The van der Waals surface area contributed by atoms with E-state index < -0.39 is 35.2 Å². The number of amides is 1. The third-order valence-corrected chi connectivity index (χ3v) is 7.47. The zero-order chi connectivity index (χ0) is 28.0. The zero-order valence-corrected chi connectivity index (χ0v) is 21.7. The van der Waals surface area contributed by atoms with Crippen LogP contribution in [0, 0.1) is 5.41 Å². The first-order chi connectivity index (χ1) is 17.1. The van der Waals surface area contributed by atoms with Gasteiger partial charge < -0.3 is 20.2 Å². The molecule has 0 spiro atoms. The topological polar surface area (TPSA) is 124 Å². The number of aliphatic hydroxyl groups is 1. The van der Waals surface area contributed by atoms with E-state index in [2.05, 4.69) is 4.74 Å². The SMILES string of the molecule is CCC1(C(=O)O)C=C(C)C(C(=O)N2CCC(C)(O)CC2)=C(C(=O)O)C1.FC(F)(F)OCCc1cccs1. The molecule has 1 aromatic heterocycles. The van der Waals surface area contributed by atoms with Crippen LogP contribution >= 0.6 is 11.3 Å². The highest BCUT2D eigenvalue weighted by Crippen LogP contribution is 2.41. The molecule has 12 heteroatoms. The van der Waals surface area contributed by atoms with Crippen LogP contribution in [0.25, 0.3) is 0 Å². The van der Waals surface area contributed by atoms with Crippen molar-refractivity contribution in [2.24, 2.45) is 5.41 Å². The summed E-state index contributed by atoms with van der Waals surface area (Å²) in [7, 11) is 0. The minimum atomic E-state index is -4.50. The van der Waals surface area contributed by atoms with E-state index in [-0.39, 0.29) is 30.6 Å². The number of nitrogens with zero attached hydrogens (tertiary/aromatic N) is 1. The number of hydrogen-bond acceptors (Lipinski definition) is 6. The highest BCUT2D eigenvalue weighted by molar-refractivity contribution is 7.09. The van der Waals surface area contributed by atoms with Gasteiger partial charge in [-0.15, -0.1) is 24.5 Å². The summed E-state index contributed by atoms with van der Waals surface area (Å²) >= 11 is 1.43. The highest BCUT2D eigenvalue weighted by atomic mass is 32.1. The Kier molecular flexibility index (Phi) is 10.1. The van der Waals surface area contributed by atoms with Gasteiger partial charge in [0.25, 0.3) is 5.91 Å². The van der Waals surface area contributed by atoms with Crippen molar-refractivity contribution in [1.29, 1.82) is 0 Å². The Morgan fingerprint density at radius 3 is 2.27 bits per heavy atom. The molecule has 0 saturated carbocycles. The Labute approximate surface area is 217 Å². The van der Waals surface area contributed by atoms with Crippen LogP contribution in [-0.2, 0) is 25.5 Å². The van der Waals surface area contributed by atoms with Gasteiger partial charge in [0.05, 0.1) is 28.8 Å². The van der Waals surface area contributed by atoms with Crippen LogP contribution in [0.15, 0.2) is 40.3 Å². The van der Waals surface area contributed by atoms with Crippen molar-refractivity contribution in [3.8, 4) is 0 Å². The summed E-state index contributed by atoms with van der Waals surface area (Å²) in [5.41, 5.74) is -1.80. The lowest BCUT2D eigenvalue weighted by molar-refractivity contribution is -0.324. The third-order valence-electron chi connectivity index (χ3n) is 6.53. The van der Waals surface area contributed by atoms with Gasteiger partial charge in [-0.1, -0.05) is 19.1 Å². The molecule has 3 rings (SSSR count). The molecule has 0 aromatic carbocycles. The van der Waals surface area contributed by atoms with Gasteiger partial charge >= 0.3 is 18.3 Å². The number of carboxylic acid groups (broad SMARTS) is 2. The summed E-state index contributed by atoms with van der Waals surface area (Å²) in [4.78, 5) is 38.8. The molecule has 0 radical (unpaired) electrons. The monoisotopic (exact) mass is 547 g/mol. The van der Waals surface area contributed by atoms with Crippen molar-refractivity contribution in [2.45, 2.75) is 64.8 Å². The second-order valence-corrected chi connectivity index (χ2v) is 10.4. The molecule has 2 heterocycles. The molecule has 1 aliphatic carbocycles. The number of halogens is 3. The second kappa shape index (κ2) is 12.2. The van der Waals surface area contributed by atoms with Crippen LogP contribution < -0.4 is 0 Å². The average molecular weight is 548 g/mol. The van der Waals surface area contributed by atoms with E-state index in [0.717, 1.165) is 4.88 Å². The van der Waals surface area contributed by atoms with Gasteiger partial charge in [0.1, 0.15) is 0 Å². The number of carbonyl (C=O) groups is 3. The fourth-order valence-electron chi connectivity index (χ4n) is 4.25. The summed E-state index contributed by atoms with van der Waals surface area (Å²) in [6.45, 7) is 5.37. The maximum atomic E-state index is 12.9. The summed E-state index contributed by atoms with van der Waals surface area (Å²) in [6.07, 6.45) is -1.80. The molecule has 1 aliphatic heterocycles. The lowest BCUT2D eigenvalue weighted by atomic mass is 9.71. The van der Waals surface area contributed by atoms with Crippen molar-refractivity contribution >= 4 is 29.2 Å². The van der Waals surface area contributed by atoms with E-state index in [1.54, 1.807) is 32.9 Å². The largest absolute Gasteiger partial charge is 0.522 e. The fourth-order valence-corrected chi connectivity index (χ4v) is 4.94. The maximum Gasteiger partial charge on any atom is 0.522 e. The normalized spacial score (nSPS) is 21.6. The molecule has 0 bridgehead atoms. The van der Waals surface area contributed by atoms with E-state index in [4.69, 9.17) is 0 Å². The number of piperidine rings is 1. The zero-order valence-electron chi connectivity index (χ0n) is 20.9. The first-order valence-corrected chi connectivity index (χ1v) is 12.6. The molecule has 1 amide bonds. The molecule has 1 saturated heterocycles. The van der Waals surface area contributed by atoms with Crippen molar-refractivity contribution in [2.75, 3.05) is 19.7 Å². The summed E-state index contributed by atoms with van der Waals surface area (Å²) < 4.78 is 38.0. The molecule has 1 aromatic rings. The lowest BCUT2D eigenvalue weighted by Crippen LogP contribution is -2.46. The molecule has 1 unspecified atom stereocenters. The molecular weight excluding hydrogens is 515 g/mol. The molecular formula is C25H32F3NO7S. The van der Waals surface area contributed by atoms with Crippen molar-refractivity contribution in [1.82, 2.24) is 4.90 Å². The quantitative estimate of drug-likeness (QED) is 0.462. The third kappa shape index (κ3) is 8.41. The van der Waals surface area contributed by atoms with Gasteiger partial charge in [-0.05, 0) is 56.6 Å². The van der Waals surface area contributed by atoms with Crippen LogP contribution in [0.1, 0.15) is 51.3 Å². The van der Waals surface area contributed by atoms with Crippen LogP contribution in [0.5, 0.6) is 0 Å². The highest BCUT2D eigenvalue weighted by Gasteiger charge is 2.43. The minimum Gasteiger partial charge on any atom is -0.481 e. The predicted molar refractivity (Wildman–Crippen MR) is 130 cm³/mol. The van der Waals surface area contributed by atoms with Gasteiger partial charge in [0, 0.05) is 24.4 Å². The van der Waals surface area contributed by atoms with Gasteiger partial charge in [0.15, 0.2) is 0 Å². The van der Waals surface area contributed by atoms with Crippen LogP contribution in [0.3, 0.4) is 0 Å². The average Bonchev–Trinajstić information content (AvgIpc) is 3.31. The molecule has 8 nitrogen and oxygen atoms in total. The number of likely N-dealkylation sites (tertiary alicyclic amines) is 1. The number of aliphatic carboxylic acids is 2. The van der Waals surface area contributed by atoms with E-state index in [0.29, 0.717) is 37.9 Å². The standard InChI is InChI=1S/C18H25NO6.C7H7F3OS/c1-4-18(16(23)24)9-11(2)13(12(10-18)15(21)22)14(20)19-7-5-17(3,25)6-8-19;8-7(9,10)11-4-3-6-2-1-5-12-6/h9,25H,4-8,10H2,1-3H3,(H,21,22)(H,23,24);1-2,5H,3-4H2. The fraction of sp³-hybridized carbons (Fsp3) is 0.560. The Balaban J connectivity index is 0.000000335. The number of rotatable bonds is 7. The number of thiophene rings is 1. The summed E-state index contributed by atoms with van der Waals surface area (Å²) in [5.74, 6) is -2.76. The smallest absolute Gasteiger partial charge is 0.481 e. The van der Waals surface area contributed by atoms with E-state index in [9.17, 15) is 42.9 Å². The van der Waals surface area contributed by atoms with Gasteiger partial charge in [0.2, 0.25) is 0 Å². The predicted octanol–water partition coefficient (Wildman–Crippen LogP) is 4.40. The number of hydrogen-bond donors (Lipinski definition) is 3. The first-order valence-electron chi connectivity index (χ1n) is 11.7. The Morgan fingerprint density at radius 1 is 1.19 bits per heavy atom. The Morgan fingerprint density at radius 2 is 1.81 bits per heavy atom.